The third-order valence-electron chi connectivity index (χ3n) is 3.99. The Labute approximate surface area is 145 Å². The van der Waals surface area contributed by atoms with Gasteiger partial charge in [-0.2, -0.15) is 0 Å². The molecule has 1 amide bonds. The zero-order valence-electron chi connectivity index (χ0n) is 14.0. The number of nitrogens with one attached hydrogen (secondary N) is 2. The van der Waals surface area contributed by atoms with E-state index in [1.807, 2.05) is 36.4 Å². The highest BCUT2D eigenvalue weighted by atomic mass is 16.5. The maximum absolute atomic E-state index is 12.2. The molecule has 0 aliphatic rings. The zero-order valence-corrected chi connectivity index (χ0v) is 14.0. The molecule has 0 saturated heterocycles. The maximum atomic E-state index is 12.2. The molecule has 0 spiro atoms. The Kier molecular flexibility index (Phi) is 4.70. The molecule has 1 heterocycles. The van der Waals surface area contributed by atoms with Crippen LogP contribution in [0.3, 0.4) is 0 Å². The number of rotatable bonds is 5. The molecule has 1 aromatic heterocycles. The number of hydrogen-bond donors (Lipinski definition) is 3. The average molecular weight is 336 g/mol. The van der Waals surface area contributed by atoms with Gasteiger partial charge in [0.05, 0.1) is 6.61 Å². The Morgan fingerprint density at radius 2 is 1.96 bits per heavy atom. The summed E-state index contributed by atoms with van der Waals surface area (Å²) in [6.07, 6.45) is 0.830. The summed E-state index contributed by atoms with van der Waals surface area (Å²) in [5.41, 5.74) is 7.76. The molecule has 2 aromatic carbocycles. The lowest BCUT2D eigenvalue weighted by Crippen LogP contribution is -2.38. The molecule has 3 rings (SSSR count). The standard InChI is InChI=1S/C19H20N4O2/c1-23(19(20)21)18(24)17-11-14-7-8-15(12-16(14)22-17)25-10-9-13-5-3-2-4-6-13/h2-8,11-12,22H,9-10H2,1H3,(H3,20,21). The van der Waals surface area contributed by atoms with Gasteiger partial charge in [-0.25, -0.2) is 0 Å². The first-order valence-corrected chi connectivity index (χ1v) is 7.96. The number of hydrogen-bond acceptors (Lipinski definition) is 3. The molecule has 0 saturated carbocycles. The summed E-state index contributed by atoms with van der Waals surface area (Å²) in [6, 6.07) is 17.5. The van der Waals surface area contributed by atoms with Crippen molar-refractivity contribution in [3.63, 3.8) is 0 Å². The van der Waals surface area contributed by atoms with Gasteiger partial charge < -0.3 is 15.5 Å². The fraction of sp³-hybridized carbons (Fsp3) is 0.158. The third-order valence-corrected chi connectivity index (χ3v) is 3.99. The van der Waals surface area contributed by atoms with Gasteiger partial charge in [-0.3, -0.25) is 15.1 Å². The van der Waals surface area contributed by atoms with Crippen LogP contribution in [0.2, 0.25) is 0 Å². The van der Waals surface area contributed by atoms with Crippen LogP contribution in [0, 0.1) is 5.41 Å². The Morgan fingerprint density at radius 3 is 2.68 bits per heavy atom. The first kappa shape index (κ1) is 16.6. The number of nitrogens with two attached hydrogens (primary N) is 1. The van der Waals surface area contributed by atoms with Crippen molar-refractivity contribution in [3.8, 4) is 5.75 Å². The van der Waals surface area contributed by atoms with Gasteiger partial charge in [-0.15, -0.1) is 0 Å². The van der Waals surface area contributed by atoms with Gasteiger partial charge in [0.1, 0.15) is 11.4 Å². The highest BCUT2D eigenvalue weighted by Crippen LogP contribution is 2.22. The first-order valence-electron chi connectivity index (χ1n) is 7.96. The molecule has 3 aromatic rings. The van der Waals surface area contributed by atoms with E-state index in [1.165, 1.54) is 12.6 Å². The smallest absolute Gasteiger partial charge is 0.276 e. The van der Waals surface area contributed by atoms with Crippen molar-refractivity contribution in [2.75, 3.05) is 13.7 Å². The third kappa shape index (κ3) is 3.80. The lowest BCUT2D eigenvalue weighted by molar-refractivity contribution is 0.0864. The number of carbonyl (C=O) groups excluding carboxylic acids is 1. The summed E-state index contributed by atoms with van der Waals surface area (Å²) < 4.78 is 5.80. The maximum Gasteiger partial charge on any atom is 0.276 e. The predicted molar refractivity (Wildman–Crippen MR) is 97.9 cm³/mol. The van der Waals surface area contributed by atoms with Crippen molar-refractivity contribution in [3.05, 3.63) is 65.9 Å². The minimum Gasteiger partial charge on any atom is -0.493 e. The van der Waals surface area contributed by atoms with Crippen LogP contribution < -0.4 is 10.5 Å². The second-order valence-corrected chi connectivity index (χ2v) is 5.77. The van der Waals surface area contributed by atoms with Crippen LogP contribution in [0.1, 0.15) is 16.1 Å². The van der Waals surface area contributed by atoms with Crippen LogP contribution >= 0.6 is 0 Å². The van der Waals surface area contributed by atoms with Crippen LogP contribution in [0.25, 0.3) is 10.9 Å². The molecule has 4 N–H and O–H groups in total. The lowest BCUT2D eigenvalue weighted by Gasteiger charge is -2.12. The van der Waals surface area contributed by atoms with Crippen molar-refractivity contribution in [1.82, 2.24) is 9.88 Å². The molecular weight excluding hydrogens is 316 g/mol. The van der Waals surface area contributed by atoms with Gasteiger partial charge in [-0.05, 0) is 23.8 Å². The second kappa shape index (κ2) is 7.09. The predicted octanol–water partition coefficient (Wildman–Crippen LogP) is 2.75. The largest absolute Gasteiger partial charge is 0.493 e. The molecule has 0 aliphatic heterocycles. The van der Waals surface area contributed by atoms with Crippen LogP contribution in [-0.4, -0.2) is 35.4 Å². The molecule has 0 unspecified atom stereocenters. The van der Waals surface area contributed by atoms with Gasteiger partial charge in [0.25, 0.3) is 5.91 Å². The summed E-state index contributed by atoms with van der Waals surface area (Å²) in [5, 5.41) is 8.24. The van der Waals surface area contributed by atoms with Crippen molar-refractivity contribution in [1.29, 1.82) is 5.41 Å². The van der Waals surface area contributed by atoms with E-state index >= 15 is 0 Å². The summed E-state index contributed by atoms with van der Waals surface area (Å²) in [7, 11) is 1.47. The van der Waals surface area contributed by atoms with Gasteiger partial charge in [0.2, 0.25) is 0 Å². The number of nitrogens with zero attached hydrogens (tertiary/aromatic N) is 1. The number of fused-ring (bicyclic) bond motifs is 1. The van der Waals surface area contributed by atoms with E-state index in [2.05, 4.69) is 17.1 Å². The van der Waals surface area contributed by atoms with E-state index in [1.54, 1.807) is 6.07 Å². The number of aromatic nitrogens is 1. The molecule has 25 heavy (non-hydrogen) atoms. The number of H-pyrrole nitrogens is 1. The highest BCUT2D eigenvalue weighted by molar-refractivity contribution is 6.05. The topological polar surface area (TPSA) is 95.2 Å². The lowest BCUT2D eigenvalue weighted by atomic mass is 10.2. The number of benzene rings is 2. The monoisotopic (exact) mass is 336 g/mol. The number of aromatic amines is 1. The van der Waals surface area contributed by atoms with E-state index in [0.29, 0.717) is 12.3 Å². The minimum absolute atomic E-state index is 0.298. The minimum atomic E-state index is -0.352. The number of guanidine groups is 1. The van der Waals surface area contributed by atoms with Crippen molar-refractivity contribution in [2.24, 2.45) is 5.73 Å². The van der Waals surface area contributed by atoms with E-state index in [9.17, 15) is 4.79 Å². The SMILES string of the molecule is CN(C(=N)N)C(=O)c1cc2ccc(OCCc3ccccc3)cc2[nH]1. The first-order chi connectivity index (χ1) is 12.0. The molecule has 6 heteroatoms. The van der Waals surface area contributed by atoms with Crippen LogP contribution in [0.5, 0.6) is 5.75 Å². The number of amides is 1. The number of ether oxygens (including phenoxy) is 1. The molecule has 0 aliphatic carbocycles. The molecule has 0 radical (unpaired) electrons. The van der Waals surface area contributed by atoms with Crippen molar-refractivity contribution in [2.45, 2.75) is 6.42 Å². The molecular formula is C19H20N4O2. The van der Waals surface area contributed by atoms with Gasteiger partial charge in [0, 0.05) is 30.4 Å². The molecule has 128 valence electrons. The summed E-state index contributed by atoms with van der Waals surface area (Å²) in [4.78, 5) is 16.4. The van der Waals surface area contributed by atoms with E-state index < -0.39 is 0 Å². The summed E-state index contributed by atoms with van der Waals surface area (Å²) >= 11 is 0. The normalized spacial score (nSPS) is 10.6. The fourth-order valence-electron chi connectivity index (χ4n) is 2.53. The fourth-order valence-corrected chi connectivity index (χ4v) is 2.53. The van der Waals surface area contributed by atoms with Crippen LogP contribution in [0.15, 0.2) is 54.6 Å². The Balaban J connectivity index is 1.70. The van der Waals surface area contributed by atoms with Crippen molar-refractivity contribution < 1.29 is 9.53 Å². The van der Waals surface area contributed by atoms with Crippen molar-refractivity contribution >= 4 is 22.8 Å². The van der Waals surface area contributed by atoms with Crippen LogP contribution in [0.4, 0.5) is 0 Å². The van der Waals surface area contributed by atoms with Gasteiger partial charge >= 0.3 is 0 Å². The molecule has 0 bridgehead atoms. The van der Waals surface area contributed by atoms with E-state index in [0.717, 1.165) is 28.0 Å². The quantitative estimate of drug-likeness (QED) is 0.494. The Bertz CT molecular complexity index is 902. The molecule has 6 nitrogen and oxygen atoms in total. The van der Waals surface area contributed by atoms with Crippen LogP contribution in [-0.2, 0) is 6.42 Å². The zero-order chi connectivity index (χ0) is 17.8. The van der Waals surface area contributed by atoms with E-state index in [4.69, 9.17) is 15.9 Å². The Morgan fingerprint density at radius 1 is 1.20 bits per heavy atom. The van der Waals surface area contributed by atoms with E-state index in [-0.39, 0.29) is 11.9 Å². The molecule has 0 fully saturated rings. The summed E-state index contributed by atoms with van der Waals surface area (Å²) in [6.45, 7) is 0.578. The second-order valence-electron chi connectivity index (χ2n) is 5.77. The molecule has 0 atom stereocenters. The highest BCUT2D eigenvalue weighted by Gasteiger charge is 2.16. The average Bonchev–Trinajstić information content (AvgIpc) is 3.04. The summed E-state index contributed by atoms with van der Waals surface area (Å²) in [5.74, 6) is 0.0908. The van der Waals surface area contributed by atoms with Gasteiger partial charge in [0.15, 0.2) is 5.96 Å². The van der Waals surface area contributed by atoms with Gasteiger partial charge in [-0.1, -0.05) is 30.3 Å². The Hall–Kier alpha value is -3.28. The number of carbonyl (C=O) groups is 1.